The molecule has 3 heteroatoms. The highest BCUT2D eigenvalue weighted by Crippen LogP contribution is 2.40. The van der Waals surface area contributed by atoms with Crippen LogP contribution in [0.4, 0.5) is 0 Å². The molecule has 0 fully saturated rings. The predicted molar refractivity (Wildman–Crippen MR) is 153 cm³/mol. The monoisotopic (exact) mass is 486 g/mol. The highest BCUT2D eigenvalue weighted by Gasteiger charge is 2.27. The maximum atomic E-state index is 13.3. The first-order chi connectivity index (χ1) is 18.1. The molecule has 0 saturated heterocycles. The molecule has 186 valence electrons. The average molecular weight is 487 g/mol. The van der Waals surface area contributed by atoms with Gasteiger partial charge in [-0.15, -0.1) is 0 Å². The summed E-state index contributed by atoms with van der Waals surface area (Å²) in [6.07, 6.45) is 2.71. The molecule has 0 radical (unpaired) electrons. The van der Waals surface area contributed by atoms with E-state index in [1.165, 1.54) is 33.2 Å². The first kappa shape index (κ1) is 24.6. The maximum Gasteiger partial charge on any atom is 0.220 e. The number of nitrogens with one attached hydrogen (secondary N) is 1. The molecule has 0 spiro atoms. The molecule has 1 aromatic heterocycles. The van der Waals surface area contributed by atoms with Crippen LogP contribution in [0.2, 0.25) is 0 Å². The van der Waals surface area contributed by atoms with Crippen molar-refractivity contribution in [1.82, 2.24) is 9.88 Å². The number of hydrogen-bond acceptors (Lipinski definition) is 1. The van der Waals surface area contributed by atoms with Crippen LogP contribution in [0.15, 0.2) is 115 Å². The summed E-state index contributed by atoms with van der Waals surface area (Å²) in [5, 5.41) is 4.38. The standard InChI is InChI=1S/C34H34N2O/c1-25-17-19-28(20-18-25)23-36-24-32(30-15-9-10-16-33(30)36)31(26(2)29-13-7-4-8-14-29)21-34(37)35-22-27-11-5-3-6-12-27/h3-20,24,26,31H,21-23H2,1-2H3,(H,35,37). The number of nitrogens with zero attached hydrogens (tertiary/aromatic N) is 1. The van der Waals surface area contributed by atoms with E-state index in [1.807, 2.05) is 36.4 Å². The third-order valence-corrected chi connectivity index (χ3v) is 7.36. The molecular weight excluding hydrogens is 452 g/mol. The highest BCUT2D eigenvalue weighted by molar-refractivity contribution is 5.86. The molecule has 5 rings (SSSR count). The molecule has 0 bridgehead atoms. The Morgan fingerprint density at radius 1 is 0.784 bits per heavy atom. The van der Waals surface area contributed by atoms with Crippen LogP contribution >= 0.6 is 0 Å². The number of rotatable bonds is 9. The fourth-order valence-electron chi connectivity index (χ4n) is 5.21. The molecule has 1 N–H and O–H groups in total. The highest BCUT2D eigenvalue weighted by atomic mass is 16.1. The van der Waals surface area contributed by atoms with Crippen molar-refractivity contribution in [2.45, 2.75) is 45.2 Å². The van der Waals surface area contributed by atoms with Crippen molar-refractivity contribution in [3.63, 3.8) is 0 Å². The molecule has 37 heavy (non-hydrogen) atoms. The van der Waals surface area contributed by atoms with Gasteiger partial charge < -0.3 is 9.88 Å². The molecule has 5 aromatic rings. The molecule has 2 atom stereocenters. The van der Waals surface area contributed by atoms with Crippen LogP contribution in [0.1, 0.15) is 53.0 Å². The number of aromatic nitrogens is 1. The Morgan fingerprint density at radius 3 is 2.16 bits per heavy atom. The molecule has 3 nitrogen and oxygen atoms in total. The van der Waals surface area contributed by atoms with E-state index in [2.05, 4.69) is 103 Å². The summed E-state index contributed by atoms with van der Waals surface area (Å²) in [7, 11) is 0. The van der Waals surface area contributed by atoms with E-state index < -0.39 is 0 Å². The van der Waals surface area contributed by atoms with E-state index in [0.29, 0.717) is 13.0 Å². The number of benzene rings is 4. The Balaban J connectivity index is 1.48. The molecule has 0 aliphatic rings. The summed E-state index contributed by atoms with van der Waals surface area (Å²) in [4.78, 5) is 13.3. The van der Waals surface area contributed by atoms with Gasteiger partial charge in [0.2, 0.25) is 5.91 Å². The van der Waals surface area contributed by atoms with E-state index in [-0.39, 0.29) is 17.7 Å². The lowest BCUT2D eigenvalue weighted by molar-refractivity contribution is -0.121. The number of hydrogen-bond donors (Lipinski definition) is 1. The summed E-state index contributed by atoms with van der Waals surface area (Å²) >= 11 is 0. The zero-order valence-corrected chi connectivity index (χ0v) is 21.6. The van der Waals surface area contributed by atoms with Crippen molar-refractivity contribution in [2.75, 3.05) is 0 Å². The van der Waals surface area contributed by atoms with Crippen molar-refractivity contribution >= 4 is 16.8 Å². The van der Waals surface area contributed by atoms with Gasteiger partial charge in [-0.1, -0.05) is 116 Å². The molecule has 0 aliphatic heterocycles. The predicted octanol–water partition coefficient (Wildman–Crippen LogP) is 7.59. The van der Waals surface area contributed by atoms with Crippen LogP contribution in [-0.2, 0) is 17.9 Å². The van der Waals surface area contributed by atoms with Crippen molar-refractivity contribution < 1.29 is 4.79 Å². The zero-order chi connectivity index (χ0) is 25.6. The molecule has 0 saturated carbocycles. The van der Waals surface area contributed by atoms with E-state index >= 15 is 0 Å². The summed E-state index contributed by atoms with van der Waals surface area (Å²) < 4.78 is 2.34. The fourth-order valence-corrected chi connectivity index (χ4v) is 5.21. The number of carbonyl (C=O) groups excluding carboxylic acids is 1. The molecule has 1 heterocycles. The Morgan fingerprint density at radius 2 is 1.43 bits per heavy atom. The Hall–Kier alpha value is -4.11. The maximum absolute atomic E-state index is 13.3. The van der Waals surface area contributed by atoms with Crippen molar-refractivity contribution in [3.05, 3.63) is 143 Å². The van der Waals surface area contributed by atoms with Crippen LogP contribution < -0.4 is 5.32 Å². The SMILES string of the molecule is Cc1ccc(Cn2cc(C(CC(=O)NCc3ccccc3)C(C)c3ccccc3)c3ccccc32)cc1. The molecule has 2 unspecified atom stereocenters. The number of aryl methyl sites for hydroxylation is 1. The van der Waals surface area contributed by atoms with E-state index in [4.69, 9.17) is 0 Å². The number of para-hydroxylation sites is 1. The Labute approximate surface area is 219 Å². The second kappa shape index (κ2) is 11.3. The van der Waals surface area contributed by atoms with Gasteiger partial charge in [-0.2, -0.15) is 0 Å². The van der Waals surface area contributed by atoms with Crippen LogP contribution in [0.25, 0.3) is 10.9 Å². The summed E-state index contributed by atoms with van der Waals surface area (Å²) in [6, 6.07) is 38.0. The van der Waals surface area contributed by atoms with Gasteiger partial charge in [0.1, 0.15) is 0 Å². The molecule has 0 aliphatic carbocycles. The summed E-state index contributed by atoms with van der Waals surface area (Å²) in [5.41, 5.74) is 7.32. The second-order valence-electron chi connectivity index (χ2n) is 9.99. The molecule has 4 aromatic carbocycles. The molecule has 1 amide bonds. The van der Waals surface area contributed by atoms with E-state index in [0.717, 1.165) is 12.1 Å². The number of carbonyl (C=O) groups is 1. The minimum absolute atomic E-state index is 0.0438. The number of fused-ring (bicyclic) bond motifs is 1. The average Bonchev–Trinajstić information content (AvgIpc) is 3.30. The van der Waals surface area contributed by atoms with Crippen molar-refractivity contribution in [3.8, 4) is 0 Å². The van der Waals surface area contributed by atoms with Crippen LogP contribution in [0.3, 0.4) is 0 Å². The van der Waals surface area contributed by atoms with Gasteiger partial charge in [0.05, 0.1) is 0 Å². The van der Waals surface area contributed by atoms with E-state index in [1.54, 1.807) is 0 Å². The topological polar surface area (TPSA) is 34.0 Å². The Bertz CT molecular complexity index is 1450. The first-order valence-corrected chi connectivity index (χ1v) is 13.1. The van der Waals surface area contributed by atoms with Gasteiger partial charge in [0.15, 0.2) is 0 Å². The van der Waals surface area contributed by atoms with Gasteiger partial charge >= 0.3 is 0 Å². The van der Waals surface area contributed by atoms with Gasteiger partial charge in [0.25, 0.3) is 0 Å². The Kier molecular flexibility index (Phi) is 7.51. The normalized spacial score (nSPS) is 12.8. The number of amides is 1. The van der Waals surface area contributed by atoms with Gasteiger partial charge in [-0.3, -0.25) is 4.79 Å². The minimum atomic E-state index is 0.0438. The van der Waals surface area contributed by atoms with Crippen molar-refractivity contribution in [1.29, 1.82) is 0 Å². The first-order valence-electron chi connectivity index (χ1n) is 13.1. The fraction of sp³-hybridized carbons (Fsp3) is 0.206. The lowest BCUT2D eigenvalue weighted by atomic mass is 9.80. The van der Waals surface area contributed by atoms with E-state index in [9.17, 15) is 4.79 Å². The quantitative estimate of drug-likeness (QED) is 0.229. The van der Waals surface area contributed by atoms with Crippen LogP contribution in [0, 0.1) is 6.92 Å². The summed E-state index contributed by atoms with van der Waals surface area (Å²) in [5.74, 6) is 0.302. The molecular formula is C34H34N2O. The lowest BCUT2D eigenvalue weighted by Crippen LogP contribution is -2.26. The lowest BCUT2D eigenvalue weighted by Gasteiger charge is -2.24. The van der Waals surface area contributed by atoms with Crippen LogP contribution in [-0.4, -0.2) is 10.5 Å². The van der Waals surface area contributed by atoms with Gasteiger partial charge in [-0.25, -0.2) is 0 Å². The van der Waals surface area contributed by atoms with Gasteiger partial charge in [-0.05, 0) is 41.2 Å². The van der Waals surface area contributed by atoms with Crippen LogP contribution in [0.5, 0.6) is 0 Å². The second-order valence-corrected chi connectivity index (χ2v) is 9.99. The zero-order valence-electron chi connectivity index (χ0n) is 21.6. The third kappa shape index (κ3) is 5.83. The smallest absolute Gasteiger partial charge is 0.220 e. The minimum Gasteiger partial charge on any atom is -0.352 e. The van der Waals surface area contributed by atoms with Gasteiger partial charge in [0, 0.05) is 42.5 Å². The largest absolute Gasteiger partial charge is 0.352 e. The summed E-state index contributed by atoms with van der Waals surface area (Å²) in [6.45, 7) is 5.71. The van der Waals surface area contributed by atoms with Crippen molar-refractivity contribution in [2.24, 2.45) is 0 Å². The third-order valence-electron chi connectivity index (χ3n) is 7.36.